The van der Waals surface area contributed by atoms with E-state index < -0.39 is 29.9 Å². The summed E-state index contributed by atoms with van der Waals surface area (Å²) in [4.78, 5) is 25.0. The summed E-state index contributed by atoms with van der Waals surface area (Å²) >= 11 is 0. The van der Waals surface area contributed by atoms with E-state index in [4.69, 9.17) is 0 Å². The second-order valence-corrected chi connectivity index (χ2v) is 7.03. The van der Waals surface area contributed by atoms with E-state index in [0.29, 0.717) is 22.5 Å². The van der Waals surface area contributed by atoms with E-state index in [1.54, 1.807) is 35.0 Å². The Balaban J connectivity index is 1.60. The summed E-state index contributed by atoms with van der Waals surface area (Å²) in [5.74, 6) is -2.14. The molecule has 4 nitrogen and oxygen atoms in total. The molecule has 0 saturated heterocycles. The number of pyridine rings is 1. The second kappa shape index (κ2) is 7.02. The van der Waals surface area contributed by atoms with Gasteiger partial charge in [-0.25, -0.2) is 4.39 Å². The van der Waals surface area contributed by atoms with Crippen molar-refractivity contribution in [2.75, 3.05) is 5.32 Å². The predicted octanol–water partition coefficient (Wildman–Crippen LogP) is 4.68. The largest absolute Gasteiger partial charge is 0.419 e. The lowest BCUT2D eigenvalue weighted by Crippen LogP contribution is -2.20. The molecule has 150 valence electrons. The molecule has 0 atom stereocenters. The zero-order valence-electron chi connectivity index (χ0n) is 15.1. The Morgan fingerprint density at radius 2 is 1.79 bits per heavy atom. The molecule has 1 heterocycles. The predicted molar refractivity (Wildman–Crippen MR) is 100 cm³/mol. The Bertz CT molecular complexity index is 1160. The lowest BCUT2D eigenvalue weighted by atomic mass is 10.1. The van der Waals surface area contributed by atoms with E-state index in [0.717, 1.165) is 25.0 Å². The summed E-state index contributed by atoms with van der Waals surface area (Å²) in [6.07, 6.45) is -1.84. The summed E-state index contributed by atoms with van der Waals surface area (Å²) in [5.41, 5.74) is -1.58. The van der Waals surface area contributed by atoms with Crippen LogP contribution < -0.4 is 10.9 Å². The van der Waals surface area contributed by atoms with Crippen molar-refractivity contribution in [3.05, 3.63) is 76.0 Å². The minimum absolute atomic E-state index is 0.162. The Hall–Kier alpha value is -3.16. The first-order valence-corrected chi connectivity index (χ1v) is 9.04. The summed E-state index contributed by atoms with van der Waals surface area (Å²) in [6.45, 7) is 0. The van der Waals surface area contributed by atoms with Crippen LogP contribution in [0.5, 0.6) is 0 Å². The fraction of sp³-hybridized carbons (Fsp3) is 0.238. The third kappa shape index (κ3) is 3.74. The van der Waals surface area contributed by atoms with Gasteiger partial charge in [0.15, 0.2) is 0 Å². The lowest BCUT2D eigenvalue weighted by molar-refractivity contribution is -0.140. The van der Waals surface area contributed by atoms with Crippen molar-refractivity contribution in [1.29, 1.82) is 0 Å². The van der Waals surface area contributed by atoms with E-state index in [1.165, 1.54) is 0 Å². The van der Waals surface area contributed by atoms with Crippen molar-refractivity contribution in [2.45, 2.75) is 31.5 Å². The number of alkyl halides is 3. The molecule has 1 amide bonds. The monoisotopic (exact) mass is 404 g/mol. The number of rotatable bonds is 4. The molecule has 1 aromatic heterocycles. The molecule has 1 saturated carbocycles. The van der Waals surface area contributed by atoms with Crippen molar-refractivity contribution < 1.29 is 22.4 Å². The molecule has 0 bridgehead atoms. The number of benzene rings is 2. The molecule has 1 fully saturated rings. The van der Waals surface area contributed by atoms with E-state index in [2.05, 4.69) is 5.32 Å². The fourth-order valence-corrected chi connectivity index (χ4v) is 3.34. The highest BCUT2D eigenvalue weighted by molar-refractivity contribution is 6.02. The maximum Gasteiger partial charge on any atom is 0.419 e. The molecule has 29 heavy (non-hydrogen) atoms. The molecule has 1 N–H and O–H groups in total. The van der Waals surface area contributed by atoms with Crippen LogP contribution in [0.4, 0.5) is 23.2 Å². The molecule has 3 aromatic rings. The highest BCUT2D eigenvalue weighted by Crippen LogP contribution is 2.34. The van der Waals surface area contributed by atoms with E-state index in [-0.39, 0.29) is 17.2 Å². The molecule has 4 rings (SSSR count). The first-order valence-electron chi connectivity index (χ1n) is 9.04. The lowest BCUT2D eigenvalue weighted by Gasteiger charge is -2.13. The molecular formula is C21H16F4N2O2. The zero-order valence-corrected chi connectivity index (χ0v) is 15.1. The van der Waals surface area contributed by atoms with Crippen LogP contribution >= 0.6 is 0 Å². The van der Waals surface area contributed by atoms with Gasteiger partial charge in [-0.05, 0) is 42.7 Å². The number of anilines is 1. The van der Waals surface area contributed by atoms with Crippen LogP contribution in [0.3, 0.4) is 0 Å². The highest BCUT2D eigenvalue weighted by Gasteiger charge is 2.35. The quantitative estimate of drug-likeness (QED) is 0.643. The number of amides is 1. The van der Waals surface area contributed by atoms with Gasteiger partial charge in [0.25, 0.3) is 5.56 Å². The average molecular weight is 404 g/mol. The SMILES string of the molecule is O=C(Cc1cccc(C(F)(F)F)c1F)Nc1cccc2c(=O)n(C3CC3)ccc12. The van der Waals surface area contributed by atoms with Gasteiger partial charge in [-0.1, -0.05) is 18.2 Å². The number of hydrogen-bond acceptors (Lipinski definition) is 2. The number of fused-ring (bicyclic) bond motifs is 1. The van der Waals surface area contributed by atoms with Crippen molar-refractivity contribution in [2.24, 2.45) is 0 Å². The number of carbonyl (C=O) groups excluding carboxylic acids is 1. The molecule has 1 aliphatic rings. The van der Waals surface area contributed by atoms with Gasteiger partial charge in [0.1, 0.15) is 5.82 Å². The van der Waals surface area contributed by atoms with Crippen LogP contribution in [0.15, 0.2) is 53.5 Å². The van der Waals surface area contributed by atoms with Crippen molar-refractivity contribution in [3.63, 3.8) is 0 Å². The molecule has 0 spiro atoms. The van der Waals surface area contributed by atoms with Crippen LogP contribution in [-0.4, -0.2) is 10.5 Å². The number of nitrogens with one attached hydrogen (secondary N) is 1. The van der Waals surface area contributed by atoms with Crippen molar-refractivity contribution >= 4 is 22.4 Å². The van der Waals surface area contributed by atoms with Gasteiger partial charge in [-0.2, -0.15) is 13.2 Å². The maximum absolute atomic E-state index is 14.2. The molecule has 0 radical (unpaired) electrons. The molecule has 2 aromatic carbocycles. The Kier molecular flexibility index (Phi) is 4.64. The fourth-order valence-electron chi connectivity index (χ4n) is 3.34. The summed E-state index contributed by atoms with van der Waals surface area (Å²) < 4.78 is 54.4. The smallest absolute Gasteiger partial charge is 0.325 e. The first-order chi connectivity index (χ1) is 13.8. The molecule has 1 aliphatic carbocycles. The van der Waals surface area contributed by atoms with E-state index in [9.17, 15) is 27.2 Å². The number of aromatic nitrogens is 1. The van der Waals surface area contributed by atoms with Crippen molar-refractivity contribution in [1.82, 2.24) is 4.57 Å². The number of nitrogens with zero attached hydrogens (tertiary/aromatic N) is 1. The third-order valence-electron chi connectivity index (χ3n) is 4.92. The summed E-state index contributed by atoms with van der Waals surface area (Å²) in [5, 5.41) is 3.53. The number of hydrogen-bond donors (Lipinski definition) is 1. The van der Waals surface area contributed by atoms with Crippen LogP contribution in [0.25, 0.3) is 10.8 Å². The van der Waals surface area contributed by atoms with Gasteiger partial charge in [0.2, 0.25) is 5.91 Å². The van der Waals surface area contributed by atoms with Gasteiger partial charge < -0.3 is 9.88 Å². The second-order valence-electron chi connectivity index (χ2n) is 7.03. The molecule has 8 heteroatoms. The summed E-state index contributed by atoms with van der Waals surface area (Å²) in [6, 6.07) is 9.61. The van der Waals surface area contributed by atoms with E-state index >= 15 is 0 Å². The van der Waals surface area contributed by atoms with Crippen LogP contribution in [0.2, 0.25) is 0 Å². The van der Waals surface area contributed by atoms with Crippen LogP contribution in [-0.2, 0) is 17.4 Å². The van der Waals surface area contributed by atoms with Gasteiger partial charge in [-0.15, -0.1) is 0 Å². The van der Waals surface area contributed by atoms with E-state index in [1.807, 2.05) is 0 Å². The Morgan fingerprint density at radius 1 is 1.07 bits per heavy atom. The number of halogens is 4. The summed E-state index contributed by atoms with van der Waals surface area (Å²) in [7, 11) is 0. The molecular weight excluding hydrogens is 388 g/mol. The van der Waals surface area contributed by atoms with Gasteiger partial charge in [-0.3, -0.25) is 9.59 Å². The first kappa shape index (κ1) is 19.2. The van der Waals surface area contributed by atoms with Crippen LogP contribution in [0.1, 0.15) is 30.0 Å². The minimum atomic E-state index is -4.84. The average Bonchev–Trinajstić information content (AvgIpc) is 3.48. The Labute approximate surface area is 162 Å². The minimum Gasteiger partial charge on any atom is -0.325 e. The van der Waals surface area contributed by atoms with Crippen molar-refractivity contribution in [3.8, 4) is 0 Å². The highest BCUT2D eigenvalue weighted by atomic mass is 19.4. The standard InChI is InChI=1S/C21H16F4N2O2/c22-19-12(3-1-5-16(19)21(23,24)25)11-18(28)26-17-6-2-4-15-14(17)9-10-27(20(15)29)13-7-8-13/h1-6,9-10,13H,7-8,11H2,(H,26,28). The topological polar surface area (TPSA) is 51.1 Å². The maximum atomic E-state index is 14.2. The normalized spacial score (nSPS) is 14.2. The van der Waals surface area contributed by atoms with Gasteiger partial charge >= 0.3 is 6.18 Å². The van der Waals surface area contributed by atoms with Crippen LogP contribution in [0, 0.1) is 5.82 Å². The third-order valence-corrected chi connectivity index (χ3v) is 4.92. The molecule has 0 unspecified atom stereocenters. The van der Waals surface area contributed by atoms with Gasteiger partial charge in [0.05, 0.1) is 12.0 Å². The molecule has 0 aliphatic heterocycles. The Morgan fingerprint density at radius 3 is 2.48 bits per heavy atom. The van der Waals surface area contributed by atoms with Gasteiger partial charge in [0, 0.05) is 28.7 Å². The zero-order chi connectivity index (χ0) is 20.8. The number of carbonyl (C=O) groups is 1.